The molecule has 0 aromatic heterocycles. The minimum absolute atomic E-state index is 0.0539. The third kappa shape index (κ3) is 5.03. The lowest BCUT2D eigenvalue weighted by molar-refractivity contribution is -0.137. The summed E-state index contributed by atoms with van der Waals surface area (Å²) in [5.41, 5.74) is 7.28. The van der Waals surface area contributed by atoms with Gasteiger partial charge in [0.1, 0.15) is 11.5 Å². The third-order valence-electron chi connectivity index (χ3n) is 8.83. The standard InChI is InChI=1S/C37H39BF3NO/c1-34(2,3)22-10-14-26(15-11-22)42-29-18-23(35(4,5)6)12-16-27(29)38-28-17-13-24(36(7,8)9)20-31(28)43-32-21-25(37(39,40)41)19-30(42)33(32)38/h10-21H,1-9H3. The molecule has 2 heterocycles. The molecule has 0 saturated heterocycles. The zero-order valence-electron chi connectivity index (χ0n) is 26.5. The van der Waals surface area contributed by atoms with Crippen LogP contribution < -0.4 is 26.0 Å². The molecule has 222 valence electrons. The Morgan fingerprint density at radius 2 is 1.02 bits per heavy atom. The number of hydrogen-bond acceptors (Lipinski definition) is 2. The summed E-state index contributed by atoms with van der Waals surface area (Å²) in [6.45, 7) is 19.0. The van der Waals surface area contributed by atoms with Crippen LogP contribution in [0.4, 0.5) is 30.2 Å². The molecule has 0 N–H and O–H groups in total. The summed E-state index contributed by atoms with van der Waals surface area (Å²) in [5, 5.41) is 0. The van der Waals surface area contributed by atoms with Crippen LogP contribution in [0.2, 0.25) is 0 Å². The lowest BCUT2D eigenvalue weighted by Gasteiger charge is -2.41. The summed E-state index contributed by atoms with van der Waals surface area (Å²) in [6, 6.07) is 23.4. The Morgan fingerprint density at radius 3 is 1.58 bits per heavy atom. The Labute approximate surface area is 254 Å². The number of fused-ring (bicyclic) bond motifs is 4. The molecule has 2 aliphatic rings. The van der Waals surface area contributed by atoms with Gasteiger partial charge in [-0.2, -0.15) is 13.2 Å². The van der Waals surface area contributed by atoms with Gasteiger partial charge in [-0.1, -0.05) is 98.7 Å². The van der Waals surface area contributed by atoms with E-state index in [-0.39, 0.29) is 28.7 Å². The first-order chi connectivity index (χ1) is 19.8. The van der Waals surface area contributed by atoms with Crippen molar-refractivity contribution in [2.24, 2.45) is 0 Å². The van der Waals surface area contributed by atoms with Crippen molar-refractivity contribution < 1.29 is 17.9 Å². The number of anilines is 3. The molecule has 6 rings (SSSR count). The molecule has 4 aromatic carbocycles. The molecular weight excluding hydrogens is 542 g/mol. The van der Waals surface area contributed by atoms with E-state index >= 15 is 0 Å². The molecule has 2 aliphatic heterocycles. The van der Waals surface area contributed by atoms with Crippen LogP contribution in [-0.4, -0.2) is 6.71 Å². The van der Waals surface area contributed by atoms with Gasteiger partial charge in [-0.15, -0.1) is 0 Å². The first-order valence-corrected chi connectivity index (χ1v) is 15.0. The number of ether oxygens (including phenoxy) is 1. The van der Waals surface area contributed by atoms with E-state index in [1.165, 1.54) is 12.1 Å². The van der Waals surface area contributed by atoms with Crippen molar-refractivity contribution in [3.05, 3.63) is 95.1 Å². The highest BCUT2D eigenvalue weighted by atomic mass is 19.4. The Balaban J connectivity index is 1.68. The SMILES string of the molecule is CC(C)(C)c1ccc(N2c3cc(C(C)(C)C)ccc3B3c4ccc(C(C)(C)C)cc4Oc4cc(C(F)(F)F)cc2c43)cc1. The van der Waals surface area contributed by atoms with E-state index in [1.807, 2.05) is 23.1 Å². The molecule has 0 fully saturated rings. The Morgan fingerprint density at radius 1 is 0.535 bits per heavy atom. The second-order valence-electron chi connectivity index (χ2n) is 15.1. The van der Waals surface area contributed by atoms with Gasteiger partial charge in [0, 0.05) is 17.1 Å². The molecule has 0 amide bonds. The molecule has 0 unspecified atom stereocenters. The molecule has 0 radical (unpaired) electrons. The average molecular weight is 582 g/mol. The van der Waals surface area contributed by atoms with E-state index in [0.717, 1.165) is 44.5 Å². The van der Waals surface area contributed by atoms with Gasteiger partial charge in [0.25, 0.3) is 6.71 Å². The maximum atomic E-state index is 14.5. The van der Waals surface area contributed by atoms with Gasteiger partial charge >= 0.3 is 6.18 Å². The lowest BCUT2D eigenvalue weighted by Crippen LogP contribution is -2.59. The molecule has 2 nitrogen and oxygen atoms in total. The molecule has 43 heavy (non-hydrogen) atoms. The van der Waals surface area contributed by atoms with Crippen LogP contribution in [0.25, 0.3) is 0 Å². The fourth-order valence-corrected chi connectivity index (χ4v) is 6.23. The van der Waals surface area contributed by atoms with E-state index in [4.69, 9.17) is 4.74 Å². The molecule has 4 aromatic rings. The Hall–Kier alpha value is -3.67. The first kappa shape index (κ1) is 29.4. The van der Waals surface area contributed by atoms with E-state index in [0.29, 0.717) is 11.4 Å². The first-order valence-electron chi connectivity index (χ1n) is 15.0. The Bertz CT molecular complexity index is 1730. The van der Waals surface area contributed by atoms with Crippen LogP contribution in [0.5, 0.6) is 11.5 Å². The van der Waals surface area contributed by atoms with Crippen LogP contribution in [0.3, 0.4) is 0 Å². The van der Waals surface area contributed by atoms with Crippen molar-refractivity contribution in [1.29, 1.82) is 0 Å². The summed E-state index contributed by atoms with van der Waals surface area (Å²) in [6.07, 6.45) is -4.53. The van der Waals surface area contributed by atoms with Crippen molar-refractivity contribution >= 4 is 40.2 Å². The molecule has 0 saturated carbocycles. The largest absolute Gasteiger partial charge is 0.458 e. The molecule has 0 spiro atoms. The normalized spacial score (nSPS) is 14.6. The summed E-state index contributed by atoms with van der Waals surface area (Å²) >= 11 is 0. The van der Waals surface area contributed by atoms with Gasteiger partial charge < -0.3 is 9.64 Å². The van der Waals surface area contributed by atoms with Crippen LogP contribution in [-0.2, 0) is 22.4 Å². The van der Waals surface area contributed by atoms with E-state index in [9.17, 15) is 13.2 Å². The van der Waals surface area contributed by atoms with Crippen LogP contribution in [0.15, 0.2) is 72.8 Å². The lowest BCUT2D eigenvalue weighted by atomic mass is 9.34. The number of alkyl halides is 3. The van der Waals surface area contributed by atoms with Crippen LogP contribution in [0.1, 0.15) is 84.6 Å². The van der Waals surface area contributed by atoms with E-state index in [2.05, 4.69) is 105 Å². The predicted octanol–water partition coefficient (Wildman–Crippen LogP) is 9.00. The Kier molecular flexibility index (Phi) is 6.44. The van der Waals surface area contributed by atoms with Crippen molar-refractivity contribution in [1.82, 2.24) is 0 Å². The number of hydrogen-bond donors (Lipinski definition) is 0. The molecule has 0 aliphatic carbocycles. The summed E-state index contributed by atoms with van der Waals surface area (Å²) in [7, 11) is 0. The van der Waals surface area contributed by atoms with E-state index in [1.54, 1.807) is 0 Å². The number of nitrogens with zero attached hydrogens (tertiary/aromatic N) is 1. The number of halogens is 3. The highest BCUT2D eigenvalue weighted by Gasteiger charge is 2.44. The van der Waals surface area contributed by atoms with Gasteiger partial charge in [0.2, 0.25) is 0 Å². The summed E-state index contributed by atoms with van der Waals surface area (Å²) < 4.78 is 49.8. The summed E-state index contributed by atoms with van der Waals surface area (Å²) in [4.78, 5) is 2.00. The minimum Gasteiger partial charge on any atom is -0.458 e. The van der Waals surface area contributed by atoms with Crippen LogP contribution in [0, 0.1) is 0 Å². The minimum atomic E-state index is -4.53. The summed E-state index contributed by atoms with van der Waals surface area (Å²) in [5.74, 6) is 0.874. The van der Waals surface area contributed by atoms with Crippen molar-refractivity contribution in [2.75, 3.05) is 4.90 Å². The van der Waals surface area contributed by atoms with Crippen LogP contribution >= 0.6 is 0 Å². The average Bonchev–Trinajstić information content (AvgIpc) is 2.90. The number of rotatable bonds is 1. The maximum absolute atomic E-state index is 14.5. The fourth-order valence-electron chi connectivity index (χ4n) is 6.23. The van der Waals surface area contributed by atoms with Gasteiger partial charge in [-0.05, 0) is 85.7 Å². The zero-order valence-corrected chi connectivity index (χ0v) is 26.5. The quantitative estimate of drug-likeness (QED) is 0.180. The second kappa shape index (κ2) is 9.42. The van der Waals surface area contributed by atoms with Crippen molar-refractivity contribution in [3.8, 4) is 11.5 Å². The van der Waals surface area contributed by atoms with Gasteiger partial charge in [0.05, 0.1) is 5.56 Å². The molecular formula is C37H39BF3NO. The molecule has 0 bridgehead atoms. The smallest absolute Gasteiger partial charge is 0.416 e. The fraction of sp³-hybridized carbons (Fsp3) is 0.351. The molecule has 0 atom stereocenters. The monoisotopic (exact) mass is 581 g/mol. The third-order valence-corrected chi connectivity index (χ3v) is 8.83. The predicted molar refractivity (Wildman–Crippen MR) is 173 cm³/mol. The maximum Gasteiger partial charge on any atom is 0.416 e. The van der Waals surface area contributed by atoms with Gasteiger partial charge in [-0.3, -0.25) is 0 Å². The second-order valence-corrected chi connectivity index (χ2v) is 15.1. The topological polar surface area (TPSA) is 12.5 Å². The van der Waals surface area contributed by atoms with Crippen molar-refractivity contribution in [2.45, 2.75) is 84.7 Å². The van der Waals surface area contributed by atoms with Crippen molar-refractivity contribution in [3.63, 3.8) is 0 Å². The zero-order chi connectivity index (χ0) is 31.3. The van der Waals surface area contributed by atoms with Gasteiger partial charge in [-0.25, -0.2) is 0 Å². The highest BCUT2D eigenvalue weighted by Crippen LogP contribution is 2.45. The van der Waals surface area contributed by atoms with E-state index < -0.39 is 11.7 Å². The van der Waals surface area contributed by atoms with Gasteiger partial charge in [0.15, 0.2) is 0 Å². The molecule has 6 heteroatoms. The number of benzene rings is 4. The highest BCUT2D eigenvalue weighted by molar-refractivity contribution is 6.99.